The molecule has 0 aliphatic heterocycles. The molecule has 1 aromatic carbocycles. The highest BCUT2D eigenvalue weighted by atomic mass is 35.5. The van der Waals surface area contributed by atoms with E-state index in [0.29, 0.717) is 5.02 Å². The van der Waals surface area contributed by atoms with Crippen molar-refractivity contribution < 1.29 is 9.21 Å². The summed E-state index contributed by atoms with van der Waals surface area (Å²) in [5, 5.41) is 3.65. The van der Waals surface area contributed by atoms with Gasteiger partial charge in [0.1, 0.15) is 5.82 Å². The van der Waals surface area contributed by atoms with Gasteiger partial charge in [-0.25, -0.2) is 0 Å². The summed E-state index contributed by atoms with van der Waals surface area (Å²) < 4.78 is 7.18. The van der Waals surface area contributed by atoms with Gasteiger partial charge in [0, 0.05) is 23.3 Å². The number of anilines is 1. The van der Waals surface area contributed by atoms with E-state index in [0.717, 1.165) is 29.1 Å². The molecule has 0 aliphatic rings. The first-order valence-corrected chi connectivity index (χ1v) is 7.78. The average molecular weight is 329 g/mol. The smallest absolute Gasteiger partial charge is 0.292 e. The summed E-state index contributed by atoms with van der Waals surface area (Å²) in [6, 6.07) is 10.9. The SMILES string of the molecule is CCn1cc(C)c(-c2ccc(Cl)cc2)c1NC(=O)c1ccco1. The normalized spacial score (nSPS) is 10.7. The molecule has 118 valence electrons. The van der Waals surface area contributed by atoms with E-state index in [2.05, 4.69) is 5.32 Å². The van der Waals surface area contributed by atoms with E-state index < -0.39 is 0 Å². The van der Waals surface area contributed by atoms with Crippen LogP contribution in [-0.2, 0) is 6.54 Å². The molecule has 1 N–H and O–H groups in total. The van der Waals surface area contributed by atoms with Crippen LogP contribution in [0.4, 0.5) is 5.82 Å². The number of carbonyl (C=O) groups is 1. The molecule has 2 aromatic heterocycles. The highest BCUT2D eigenvalue weighted by Crippen LogP contribution is 2.34. The van der Waals surface area contributed by atoms with Crippen LogP contribution in [0.5, 0.6) is 0 Å². The summed E-state index contributed by atoms with van der Waals surface area (Å²) in [5.41, 5.74) is 3.08. The number of benzene rings is 1. The number of aromatic nitrogens is 1. The summed E-state index contributed by atoms with van der Waals surface area (Å²) >= 11 is 5.98. The van der Waals surface area contributed by atoms with Crippen molar-refractivity contribution in [2.45, 2.75) is 20.4 Å². The minimum atomic E-state index is -0.266. The van der Waals surface area contributed by atoms with Crippen LogP contribution in [0.2, 0.25) is 5.02 Å². The number of rotatable bonds is 4. The van der Waals surface area contributed by atoms with Crippen molar-refractivity contribution in [3.05, 3.63) is 65.2 Å². The predicted octanol–water partition coefficient (Wildman–Crippen LogP) is 4.98. The Kier molecular flexibility index (Phi) is 4.26. The molecular weight excluding hydrogens is 312 g/mol. The van der Waals surface area contributed by atoms with Crippen molar-refractivity contribution in [1.82, 2.24) is 4.57 Å². The highest BCUT2D eigenvalue weighted by Gasteiger charge is 2.18. The number of halogens is 1. The molecule has 3 aromatic rings. The molecule has 0 aliphatic carbocycles. The standard InChI is InChI=1S/C18H17ClN2O2/c1-3-21-11-12(2)16(13-6-8-14(19)9-7-13)17(21)20-18(22)15-5-4-10-23-15/h4-11H,3H2,1-2H3,(H,20,22). The van der Waals surface area contributed by atoms with E-state index in [4.69, 9.17) is 16.0 Å². The zero-order valence-corrected chi connectivity index (χ0v) is 13.7. The second-order valence-electron chi connectivity index (χ2n) is 5.26. The maximum Gasteiger partial charge on any atom is 0.292 e. The van der Waals surface area contributed by atoms with Crippen LogP contribution in [0.3, 0.4) is 0 Å². The van der Waals surface area contributed by atoms with Gasteiger partial charge in [0.05, 0.1) is 6.26 Å². The maximum atomic E-state index is 12.4. The summed E-state index contributed by atoms with van der Waals surface area (Å²) in [6.07, 6.45) is 3.51. The van der Waals surface area contributed by atoms with Gasteiger partial charge in [-0.2, -0.15) is 0 Å². The Bertz CT molecular complexity index is 818. The average Bonchev–Trinajstić information content (AvgIpc) is 3.17. The van der Waals surface area contributed by atoms with Gasteiger partial charge in [0.15, 0.2) is 5.76 Å². The van der Waals surface area contributed by atoms with E-state index in [9.17, 15) is 4.79 Å². The maximum absolute atomic E-state index is 12.4. The molecule has 0 radical (unpaired) electrons. The first-order chi connectivity index (χ1) is 11.1. The number of nitrogens with zero attached hydrogens (tertiary/aromatic N) is 1. The lowest BCUT2D eigenvalue weighted by molar-refractivity contribution is 0.0996. The molecular formula is C18H17ClN2O2. The molecule has 0 saturated heterocycles. The van der Waals surface area contributed by atoms with Gasteiger partial charge in [-0.05, 0) is 49.2 Å². The summed E-state index contributed by atoms with van der Waals surface area (Å²) in [4.78, 5) is 12.4. The van der Waals surface area contributed by atoms with Crippen molar-refractivity contribution in [2.24, 2.45) is 0 Å². The first kappa shape index (κ1) is 15.4. The molecule has 5 heteroatoms. The molecule has 0 saturated carbocycles. The zero-order chi connectivity index (χ0) is 16.4. The zero-order valence-electron chi connectivity index (χ0n) is 13.0. The highest BCUT2D eigenvalue weighted by molar-refractivity contribution is 6.30. The Morgan fingerprint density at radius 1 is 1.26 bits per heavy atom. The minimum Gasteiger partial charge on any atom is -0.459 e. The van der Waals surface area contributed by atoms with E-state index in [1.807, 2.05) is 48.9 Å². The number of nitrogens with one attached hydrogen (secondary N) is 1. The van der Waals surface area contributed by atoms with Gasteiger partial charge in [-0.3, -0.25) is 4.79 Å². The lowest BCUT2D eigenvalue weighted by Crippen LogP contribution is -2.14. The van der Waals surface area contributed by atoms with E-state index >= 15 is 0 Å². The molecule has 0 fully saturated rings. The summed E-state index contributed by atoms with van der Waals surface area (Å²) in [5.74, 6) is 0.778. The van der Waals surface area contributed by atoms with Gasteiger partial charge in [0.25, 0.3) is 5.91 Å². The van der Waals surface area contributed by atoms with Gasteiger partial charge < -0.3 is 14.3 Å². The number of carbonyl (C=O) groups excluding carboxylic acids is 1. The number of hydrogen-bond acceptors (Lipinski definition) is 2. The lowest BCUT2D eigenvalue weighted by atomic mass is 10.0. The molecule has 4 nitrogen and oxygen atoms in total. The van der Waals surface area contributed by atoms with Gasteiger partial charge in [-0.15, -0.1) is 0 Å². The largest absolute Gasteiger partial charge is 0.459 e. The number of furan rings is 1. The van der Waals surface area contributed by atoms with Crippen molar-refractivity contribution >= 4 is 23.3 Å². The fourth-order valence-corrected chi connectivity index (χ4v) is 2.76. The number of amides is 1. The number of hydrogen-bond donors (Lipinski definition) is 1. The molecule has 23 heavy (non-hydrogen) atoms. The first-order valence-electron chi connectivity index (χ1n) is 7.40. The van der Waals surface area contributed by atoms with Crippen LogP contribution in [-0.4, -0.2) is 10.5 Å². The van der Waals surface area contributed by atoms with Crippen LogP contribution in [0.1, 0.15) is 23.0 Å². The van der Waals surface area contributed by atoms with Crippen molar-refractivity contribution in [2.75, 3.05) is 5.32 Å². The van der Waals surface area contributed by atoms with Crippen LogP contribution in [0.25, 0.3) is 11.1 Å². The van der Waals surface area contributed by atoms with Crippen LogP contribution in [0.15, 0.2) is 53.3 Å². The topological polar surface area (TPSA) is 47.2 Å². The third-order valence-corrected chi connectivity index (χ3v) is 3.97. The van der Waals surface area contributed by atoms with Crippen molar-refractivity contribution in [1.29, 1.82) is 0 Å². The van der Waals surface area contributed by atoms with Gasteiger partial charge in [-0.1, -0.05) is 23.7 Å². The molecule has 0 atom stereocenters. The lowest BCUT2D eigenvalue weighted by Gasteiger charge is -2.11. The van der Waals surface area contributed by atoms with Crippen LogP contribution >= 0.6 is 11.6 Å². The van der Waals surface area contributed by atoms with Crippen molar-refractivity contribution in [3.63, 3.8) is 0 Å². The van der Waals surface area contributed by atoms with E-state index in [1.54, 1.807) is 12.1 Å². The third-order valence-electron chi connectivity index (χ3n) is 3.72. The second-order valence-corrected chi connectivity index (χ2v) is 5.70. The summed E-state index contributed by atoms with van der Waals surface area (Å²) in [6.45, 7) is 4.81. The molecule has 1 amide bonds. The minimum absolute atomic E-state index is 0.266. The number of aryl methyl sites for hydroxylation is 2. The monoisotopic (exact) mass is 328 g/mol. The molecule has 3 rings (SSSR count). The molecule has 2 heterocycles. The van der Waals surface area contributed by atoms with E-state index in [-0.39, 0.29) is 11.7 Å². The fraction of sp³-hybridized carbons (Fsp3) is 0.167. The second kappa shape index (κ2) is 6.34. The molecule has 0 unspecified atom stereocenters. The van der Waals surface area contributed by atoms with E-state index in [1.165, 1.54) is 6.26 Å². The third kappa shape index (κ3) is 3.03. The van der Waals surface area contributed by atoms with Gasteiger partial charge in [0.2, 0.25) is 0 Å². The molecule has 0 bridgehead atoms. The van der Waals surface area contributed by atoms with Crippen LogP contribution in [0, 0.1) is 6.92 Å². The Morgan fingerprint density at radius 3 is 2.61 bits per heavy atom. The van der Waals surface area contributed by atoms with Crippen molar-refractivity contribution in [3.8, 4) is 11.1 Å². The van der Waals surface area contributed by atoms with Gasteiger partial charge >= 0.3 is 0 Å². The molecule has 0 spiro atoms. The Labute approximate surface area is 139 Å². The Hall–Kier alpha value is -2.46. The fourth-order valence-electron chi connectivity index (χ4n) is 2.63. The Morgan fingerprint density at radius 2 is 2.00 bits per heavy atom. The van der Waals surface area contributed by atoms with Crippen LogP contribution < -0.4 is 5.32 Å². The predicted molar refractivity (Wildman–Crippen MR) is 92.0 cm³/mol. The summed E-state index contributed by atoms with van der Waals surface area (Å²) in [7, 11) is 0. The quantitative estimate of drug-likeness (QED) is 0.734. The Balaban J connectivity index is 2.04.